The van der Waals surface area contributed by atoms with E-state index in [1.807, 2.05) is 25.1 Å². The number of hydrogen-bond donors (Lipinski definition) is 2. The van der Waals surface area contributed by atoms with Crippen molar-refractivity contribution >= 4 is 11.7 Å². The van der Waals surface area contributed by atoms with Crippen LogP contribution in [0.5, 0.6) is 0 Å². The van der Waals surface area contributed by atoms with Gasteiger partial charge < -0.3 is 10.4 Å². The van der Waals surface area contributed by atoms with Crippen molar-refractivity contribution in [3.63, 3.8) is 0 Å². The topological polar surface area (TPSA) is 49.3 Å². The van der Waals surface area contributed by atoms with Gasteiger partial charge in [0.1, 0.15) is 5.92 Å². The molecule has 0 amide bonds. The molecule has 1 aromatic carbocycles. The van der Waals surface area contributed by atoms with Gasteiger partial charge in [-0.15, -0.1) is 0 Å². The molecule has 2 N–H and O–H groups in total. The van der Waals surface area contributed by atoms with Gasteiger partial charge in [0.05, 0.1) is 0 Å². The van der Waals surface area contributed by atoms with Crippen LogP contribution in [-0.2, 0) is 4.79 Å². The van der Waals surface area contributed by atoms with Crippen LogP contribution < -0.4 is 5.32 Å². The van der Waals surface area contributed by atoms with Gasteiger partial charge in [0.25, 0.3) is 0 Å². The number of nitrogens with one attached hydrogen (secondary N) is 1. The summed E-state index contributed by atoms with van der Waals surface area (Å²) >= 11 is 0. The van der Waals surface area contributed by atoms with E-state index in [1.165, 1.54) is 0 Å². The molecular formula is C10H11NO2. The van der Waals surface area contributed by atoms with Crippen LogP contribution in [0.25, 0.3) is 0 Å². The second-order valence-electron chi connectivity index (χ2n) is 3.31. The summed E-state index contributed by atoms with van der Waals surface area (Å²) in [5.74, 6) is -1.13. The van der Waals surface area contributed by atoms with E-state index in [0.717, 1.165) is 16.8 Å². The minimum absolute atomic E-state index is 0.380. The predicted molar refractivity (Wildman–Crippen MR) is 50.0 cm³/mol. The molecule has 0 saturated carbocycles. The number of aliphatic carboxylic acids is 1. The zero-order valence-corrected chi connectivity index (χ0v) is 7.37. The van der Waals surface area contributed by atoms with Gasteiger partial charge in [-0.25, -0.2) is 0 Å². The summed E-state index contributed by atoms with van der Waals surface area (Å²) in [4.78, 5) is 10.8. The third kappa shape index (κ3) is 1.16. The van der Waals surface area contributed by atoms with E-state index in [1.54, 1.807) is 0 Å². The van der Waals surface area contributed by atoms with Crippen LogP contribution in [0.15, 0.2) is 18.2 Å². The normalized spacial score (nSPS) is 19.3. The molecule has 1 atom stereocenters. The van der Waals surface area contributed by atoms with Gasteiger partial charge in [0.2, 0.25) is 0 Å². The highest BCUT2D eigenvalue weighted by Crippen LogP contribution is 2.33. The Labute approximate surface area is 76.4 Å². The third-order valence-corrected chi connectivity index (χ3v) is 2.46. The van der Waals surface area contributed by atoms with Crippen molar-refractivity contribution in [3.05, 3.63) is 29.3 Å². The van der Waals surface area contributed by atoms with Crippen LogP contribution >= 0.6 is 0 Å². The minimum Gasteiger partial charge on any atom is -0.481 e. The first kappa shape index (κ1) is 8.10. The Morgan fingerprint density at radius 2 is 2.38 bits per heavy atom. The third-order valence-electron chi connectivity index (χ3n) is 2.46. The summed E-state index contributed by atoms with van der Waals surface area (Å²) in [5, 5.41) is 12.0. The highest BCUT2D eigenvalue weighted by atomic mass is 16.4. The first-order valence-corrected chi connectivity index (χ1v) is 4.26. The van der Waals surface area contributed by atoms with E-state index >= 15 is 0 Å². The molecule has 1 aromatic rings. The van der Waals surface area contributed by atoms with Crippen LogP contribution in [0, 0.1) is 6.92 Å². The molecule has 1 unspecified atom stereocenters. The zero-order chi connectivity index (χ0) is 9.42. The van der Waals surface area contributed by atoms with Crippen molar-refractivity contribution in [1.82, 2.24) is 0 Å². The Kier molecular flexibility index (Phi) is 1.72. The maximum Gasteiger partial charge on any atom is 0.312 e. The van der Waals surface area contributed by atoms with Crippen molar-refractivity contribution in [2.75, 3.05) is 11.9 Å². The largest absolute Gasteiger partial charge is 0.481 e. The SMILES string of the molecule is Cc1cccc2c1NCC2C(=O)O. The molecule has 0 spiro atoms. The lowest BCUT2D eigenvalue weighted by Crippen LogP contribution is -2.12. The van der Waals surface area contributed by atoms with Gasteiger partial charge in [-0.3, -0.25) is 4.79 Å². The number of carboxylic acids is 1. The lowest BCUT2D eigenvalue weighted by Gasteiger charge is -2.04. The van der Waals surface area contributed by atoms with Crippen LogP contribution in [0.2, 0.25) is 0 Å². The zero-order valence-electron chi connectivity index (χ0n) is 7.37. The molecule has 0 saturated heterocycles. The monoisotopic (exact) mass is 177 g/mol. The van der Waals surface area contributed by atoms with E-state index in [-0.39, 0.29) is 5.92 Å². The Bertz CT molecular complexity index is 360. The molecule has 1 heterocycles. The number of carboxylic acid groups (broad SMARTS) is 1. The minimum atomic E-state index is -0.753. The molecule has 0 radical (unpaired) electrons. The molecule has 3 heteroatoms. The first-order chi connectivity index (χ1) is 6.20. The summed E-state index contributed by atoms with van der Waals surface area (Å²) in [7, 11) is 0. The van der Waals surface area contributed by atoms with E-state index < -0.39 is 5.97 Å². The van der Waals surface area contributed by atoms with E-state index in [0.29, 0.717) is 6.54 Å². The molecule has 3 nitrogen and oxygen atoms in total. The van der Waals surface area contributed by atoms with Crippen LogP contribution in [0.3, 0.4) is 0 Å². The number of rotatable bonds is 1. The molecule has 0 bridgehead atoms. The highest BCUT2D eigenvalue weighted by molar-refractivity contribution is 5.83. The van der Waals surface area contributed by atoms with Gasteiger partial charge in [-0.2, -0.15) is 0 Å². The molecular weight excluding hydrogens is 166 g/mol. The number of benzene rings is 1. The summed E-state index contributed by atoms with van der Waals surface area (Å²) in [6, 6.07) is 5.76. The van der Waals surface area contributed by atoms with Gasteiger partial charge in [0, 0.05) is 12.2 Å². The second kappa shape index (κ2) is 2.76. The smallest absolute Gasteiger partial charge is 0.312 e. The fourth-order valence-electron chi connectivity index (χ4n) is 1.76. The van der Waals surface area contributed by atoms with Gasteiger partial charge in [-0.05, 0) is 18.1 Å². The maximum absolute atomic E-state index is 10.8. The Balaban J connectivity index is 2.49. The highest BCUT2D eigenvalue weighted by Gasteiger charge is 2.28. The molecule has 0 aromatic heterocycles. The van der Waals surface area contributed by atoms with Crippen molar-refractivity contribution in [3.8, 4) is 0 Å². The van der Waals surface area contributed by atoms with Gasteiger partial charge in [-0.1, -0.05) is 18.2 Å². The predicted octanol–water partition coefficient (Wildman–Crippen LogP) is 1.59. The Morgan fingerprint density at radius 1 is 1.62 bits per heavy atom. The fourth-order valence-corrected chi connectivity index (χ4v) is 1.76. The summed E-state index contributed by atoms with van der Waals surface area (Å²) in [6.07, 6.45) is 0. The number of para-hydroxylation sites is 1. The Morgan fingerprint density at radius 3 is 3.08 bits per heavy atom. The number of fused-ring (bicyclic) bond motifs is 1. The molecule has 68 valence electrons. The van der Waals surface area contributed by atoms with Crippen LogP contribution in [0.1, 0.15) is 17.0 Å². The quantitative estimate of drug-likeness (QED) is 0.684. The molecule has 0 fully saturated rings. The van der Waals surface area contributed by atoms with E-state index in [4.69, 9.17) is 5.11 Å². The average Bonchev–Trinajstić information content (AvgIpc) is 2.48. The molecule has 1 aliphatic rings. The summed E-state index contributed by atoms with van der Waals surface area (Å²) in [6.45, 7) is 2.49. The van der Waals surface area contributed by atoms with E-state index in [9.17, 15) is 4.79 Å². The number of aryl methyl sites for hydroxylation is 1. The summed E-state index contributed by atoms with van der Waals surface area (Å²) in [5.41, 5.74) is 3.02. The first-order valence-electron chi connectivity index (χ1n) is 4.26. The van der Waals surface area contributed by atoms with Crippen LogP contribution in [0.4, 0.5) is 5.69 Å². The number of hydrogen-bond acceptors (Lipinski definition) is 2. The van der Waals surface area contributed by atoms with Crippen molar-refractivity contribution in [1.29, 1.82) is 0 Å². The fraction of sp³-hybridized carbons (Fsp3) is 0.300. The average molecular weight is 177 g/mol. The Hall–Kier alpha value is -1.51. The van der Waals surface area contributed by atoms with Gasteiger partial charge >= 0.3 is 5.97 Å². The molecule has 1 aliphatic heterocycles. The number of carbonyl (C=O) groups is 1. The number of anilines is 1. The van der Waals surface area contributed by atoms with Crippen LogP contribution in [-0.4, -0.2) is 17.6 Å². The van der Waals surface area contributed by atoms with Crippen molar-refractivity contribution in [2.24, 2.45) is 0 Å². The molecule has 13 heavy (non-hydrogen) atoms. The van der Waals surface area contributed by atoms with Crippen molar-refractivity contribution in [2.45, 2.75) is 12.8 Å². The standard InChI is InChI=1S/C10H11NO2/c1-6-3-2-4-7-8(10(12)13)5-11-9(6)7/h2-4,8,11H,5H2,1H3,(H,12,13). The molecule has 0 aliphatic carbocycles. The van der Waals surface area contributed by atoms with Gasteiger partial charge in [0.15, 0.2) is 0 Å². The second-order valence-corrected chi connectivity index (χ2v) is 3.31. The lowest BCUT2D eigenvalue weighted by atomic mass is 10.00. The lowest BCUT2D eigenvalue weighted by molar-refractivity contribution is -0.138. The maximum atomic E-state index is 10.8. The van der Waals surface area contributed by atoms with Crippen molar-refractivity contribution < 1.29 is 9.90 Å². The van der Waals surface area contributed by atoms with E-state index in [2.05, 4.69) is 5.32 Å². The summed E-state index contributed by atoms with van der Waals surface area (Å²) < 4.78 is 0. The molecule has 2 rings (SSSR count).